The molecule has 1 amide bonds. The van der Waals surface area contributed by atoms with E-state index in [0.717, 1.165) is 27.1 Å². The lowest BCUT2D eigenvalue weighted by Crippen LogP contribution is -2.45. The summed E-state index contributed by atoms with van der Waals surface area (Å²) in [6.07, 6.45) is 0. The molecule has 0 aliphatic carbocycles. The van der Waals surface area contributed by atoms with E-state index in [9.17, 15) is 4.79 Å². The molecule has 0 radical (unpaired) electrons. The number of hydrogen-bond donors (Lipinski definition) is 2. The first kappa shape index (κ1) is 18.4. The number of benzene rings is 1. The molecule has 1 atom stereocenters. The van der Waals surface area contributed by atoms with Gasteiger partial charge in [-0.3, -0.25) is 4.79 Å². The van der Waals surface area contributed by atoms with Gasteiger partial charge in [0, 0.05) is 22.0 Å². The van der Waals surface area contributed by atoms with Crippen molar-refractivity contribution in [2.75, 3.05) is 5.32 Å². The van der Waals surface area contributed by atoms with Crippen LogP contribution in [-0.2, 0) is 4.79 Å². The summed E-state index contributed by atoms with van der Waals surface area (Å²) in [5.74, 6) is -0.180. The Bertz CT molecular complexity index is 703. The number of carbonyl (C=O) groups is 1. The maximum atomic E-state index is 12.1. The summed E-state index contributed by atoms with van der Waals surface area (Å²) < 4.78 is 0. The zero-order chi connectivity index (χ0) is 17.9. The SMILES string of the molecule is Cc1cc(C)nc(Sc2ccc(NC(=O)[C@@H](N)C(C)(C)C)cc2)n1. The van der Waals surface area contributed by atoms with E-state index in [1.807, 2.05) is 65.0 Å². The smallest absolute Gasteiger partial charge is 0.241 e. The average molecular weight is 344 g/mol. The summed E-state index contributed by atoms with van der Waals surface area (Å²) in [4.78, 5) is 22.0. The van der Waals surface area contributed by atoms with Crippen LogP contribution in [0.3, 0.4) is 0 Å². The van der Waals surface area contributed by atoms with Crippen molar-refractivity contribution in [3.05, 3.63) is 41.7 Å². The van der Waals surface area contributed by atoms with Crippen molar-refractivity contribution in [3.63, 3.8) is 0 Å². The van der Waals surface area contributed by atoms with E-state index >= 15 is 0 Å². The normalized spacial score (nSPS) is 12.8. The van der Waals surface area contributed by atoms with E-state index in [1.54, 1.807) is 0 Å². The first-order valence-electron chi connectivity index (χ1n) is 7.82. The van der Waals surface area contributed by atoms with Crippen LogP contribution in [0, 0.1) is 19.3 Å². The highest BCUT2D eigenvalue weighted by molar-refractivity contribution is 7.99. The number of nitrogens with one attached hydrogen (secondary N) is 1. The molecule has 0 aliphatic rings. The summed E-state index contributed by atoms with van der Waals surface area (Å²) in [5, 5.41) is 3.57. The van der Waals surface area contributed by atoms with Crippen LogP contribution in [0.5, 0.6) is 0 Å². The van der Waals surface area contributed by atoms with Crippen LogP contribution in [-0.4, -0.2) is 21.9 Å². The third-order valence-corrected chi connectivity index (χ3v) is 4.38. The van der Waals surface area contributed by atoms with Crippen molar-refractivity contribution in [1.82, 2.24) is 9.97 Å². The predicted molar refractivity (Wildman–Crippen MR) is 98.1 cm³/mol. The molecule has 2 rings (SSSR count). The molecule has 1 aromatic carbocycles. The van der Waals surface area contributed by atoms with Crippen LogP contribution in [0.1, 0.15) is 32.2 Å². The molecule has 128 valence electrons. The molecule has 2 aromatic rings. The van der Waals surface area contributed by atoms with Crippen LogP contribution in [0.4, 0.5) is 5.69 Å². The van der Waals surface area contributed by atoms with Gasteiger partial charge in [0.05, 0.1) is 6.04 Å². The highest BCUT2D eigenvalue weighted by Gasteiger charge is 2.27. The van der Waals surface area contributed by atoms with Gasteiger partial charge in [-0.05, 0) is 61.4 Å². The molecule has 0 aliphatic heterocycles. The number of aryl methyl sites for hydroxylation is 2. The number of anilines is 1. The van der Waals surface area contributed by atoms with E-state index in [0.29, 0.717) is 0 Å². The van der Waals surface area contributed by atoms with Gasteiger partial charge in [0.1, 0.15) is 0 Å². The predicted octanol–water partition coefficient (Wildman–Crippen LogP) is 3.56. The van der Waals surface area contributed by atoms with E-state index in [1.165, 1.54) is 11.8 Å². The summed E-state index contributed by atoms with van der Waals surface area (Å²) >= 11 is 1.49. The zero-order valence-electron chi connectivity index (χ0n) is 14.8. The Kier molecular flexibility index (Phi) is 5.62. The Morgan fingerprint density at radius 1 is 1.12 bits per heavy atom. The van der Waals surface area contributed by atoms with Gasteiger partial charge in [-0.2, -0.15) is 0 Å². The van der Waals surface area contributed by atoms with E-state index < -0.39 is 6.04 Å². The lowest BCUT2D eigenvalue weighted by atomic mass is 9.87. The Balaban J connectivity index is 2.04. The lowest BCUT2D eigenvalue weighted by Gasteiger charge is -2.25. The average Bonchev–Trinajstić information content (AvgIpc) is 2.46. The monoisotopic (exact) mass is 344 g/mol. The molecule has 3 N–H and O–H groups in total. The van der Waals surface area contributed by atoms with Gasteiger partial charge >= 0.3 is 0 Å². The Hall–Kier alpha value is -1.92. The van der Waals surface area contributed by atoms with Crippen LogP contribution in [0.15, 0.2) is 40.4 Å². The van der Waals surface area contributed by atoms with Crippen molar-refractivity contribution in [2.24, 2.45) is 11.1 Å². The molecular weight excluding hydrogens is 320 g/mol. The first-order valence-corrected chi connectivity index (χ1v) is 8.63. The highest BCUT2D eigenvalue weighted by atomic mass is 32.2. The number of nitrogens with zero attached hydrogens (tertiary/aromatic N) is 2. The number of nitrogens with two attached hydrogens (primary N) is 1. The van der Waals surface area contributed by atoms with Crippen molar-refractivity contribution in [3.8, 4) is 0 Å². The van der Waals surface area contributed by atoms with Crippen molar-refractivity contribution in [1.29, 1.82) is 0 Å². The van der Waals surface area contributed by atoms with Crippen LogP contribution >= 0.6 is 11.8 Å². The Morgan fingerprint density at radius 2 is 1.67 bits per heavy atom. The molecule has 0 saturated heterocycles. The molecule has 6 heteroatoms. The standard InChI is InChI=1S/C18H24N4OS/c1-11-10-12(2)21-17(20-11)24-14-8-6-13(7-9-14)22-16(23)15(19)18(3,4)5/h6-10,15H,19H2,1-5H3,(H,22,23)/t15-/m1/s1. The summed E-state index contributed by atoms with van der Waals surface area (Å²) in [6, 6.07) is 8.97. The topological polar surface area (TPSA) is 80.9 Å². The molecule has 24 heavy (non-hydrogen) atoms. The van der Waals surface area contributed by atoms with Gasteiger partial charge in [-0.15, -0.1) is 0 Å². The maximum absolute atomic E-state index is 12.1. The van der Waals surface area contributed by atoms with Gasteiger partial charge in [0.25, 0.3) is 0 Å². The fourth-order valence-corrected chi connectivity index (χ4v) is 2.93. The Labute approximate surface area is 147 Å². The molecule has 1 heterocycles. The number of aromatic nitrogens is 2. The quantitative estimate of drug-likeness (QED) is 0.829. The number of rotatable bonds is 4. The van der Waals surface area contributed by atoms with Crippen LogP contribution in [0.25, 0.3) is 0 Å². The van der Waals surface area contributed by atoms with Crippen molar-refractivity contribution < 1.29 is 4.79 Å². The maximum Gasteiger partial charge on any atom is 0.241 e. The van der Waals surface area contributed by atoms with Crippen LogP contribution in [0.2, 0.25) is 0 Å². The van der Waals surface area contributed by atoms with Gasteiger partial charge in [-0.25, -0.2) is 9.97 Å². The van der Waals surface area contributed by atoms with E-state index in [4.69, 9.17) is 5.73 Å². The summed E-state index contributed by atoms with van der Waals surface area (Å²) in [6.45, 7) is 9.74. The van der Waals surface area contributed by atoms with Crippen molar-refractivity contribution >= 4 is 23.4 Å². The second-order valence-corrected chi connectivity index (χ2v) is 7.93. The van der Waals surface area contributed by atoms with Gasteiger partial charge in [0.15, 0.2) is 5.16 Å². The fraction of sp³-hybridized carbons (Fsp3) is 0.389. The highest BCUT2D eigenvalue weighted by Crippen LogP contribution is 2.26. The molecular formula is C18H24N4OS. The zero-order valence-corrected chi connectivity index (χ0v) is 15.6. The van der Waals surface area contributed by atoms with Gasteiger partial charge < -0.3 is 11.1 Å². The molecule has 0 bridgehead atoms. The second kappa shape index (κ2) is 7.32. The molecule has 1 aromatic heterocycles. The summed E-state index contributed by atoms with van der Waals surface area (Å²) in [5.41, 5.74) is 8.32. The third kappa shape index (κ3) is 5.04. The second-order valence-electron chi connectivity index (χ2n) is 6.89. The Morgan fingerprint density at radius 3 is 2.17 bits per heavy atom. The van der Waals surface area contributed by atoms with E-state index in [-0.39, 0.29) is 11.3 Å². The molecule has 0 fully saturated rings. The molecule has 0 unspecified atom stereocenters. The minimum atomic E-state index is -0.560. The number of hydrogen-bond acceptors (Lipinski definition) is 5. The summed E-state index contributed by atoms with van der Waals surface area (Å²) in [7, 11) is 0. The number of carbonyl (C=O) groups excluding carboxylic acids is 1. The lowest BCUT2D eigenvalue weighted by molar-refractivity contribution is -0.119. The van der Waals surface area contributed by atoms with Gasteiger partial charge in [-0.1, -0.05) is 20.8 Å². The van der Waals surface area contributed by atoms with Crippen molar-refractivity contribution in [2.45, 2.75) is 50.7 Å². The van der Waals surface area contributed by atoms with Gasteiger partial charge in [0.2, 0.25) is 5.91 Å². The minimum absolute atomic E-state index is 0.180. The third-order valence-electron chi connectivity index (χ3n) is 3.51. The van der Waals surface area contributed by atoms with Crippen LogP contribution < -0.4 is 11.1 Å². The molecule has 0 saturated carbocycles. The fourth-order valence-electron chi connectivity index (χ4n) is 2.06. The number of amides is 1. The first-order chi connectivity index (χ1) is 11.1. The minimum Gasteiger partial charge on any atom is -0.325 e. The largest absolute Gasteiger partial charge is 0.325 e. The molecule has 5 nitrogen and oxygen atoms in total. The van der Waals surface area contributed by atoms with E-state index in [2.05, 4.69) is 15.3 Å². The molecule has 0 spiro atoms.